The monoisotopic (exact) mass is 212 g/mol. The zero-order valence-corrected chi connectivity index (χ0v) is 8.98. The maximum Gasteiger partial charge on any atom is 1.00 e. The zero-order chi connectivity index (χ0) is 10.1. The Kier molecular flexibility index (Phi) is 4.68. The second-order valence-electron chi connectivity index (χ2n) is 2.70. The molecule has 0 saturated heterocycles. The molecule has 1 aromatic heterocycles. The van der Waals surface area contributed by atoms with Crippen LogP contribution in [-0.2, 0) is 10.4 Å². The molecule has 0 saturated carbocycles. The Bertz CT molecular complexity index is 386. The van der Waals surface area contributed by atoms with Gasteiger partial charge in [-0.1, -0.05) is 0 Å². The number of hydrogen-bond acceptors (Lipinski definition) is 5. The van der Waals surface area contributed by atoms with Gasteiger partial charge in [-0.2, -0.15) is 5.10 Å². The van der Waals surface area contributed by atoms with Crippen LogP contribution in [0.2, 0.25) is 0 Å². The molecular formula is C6H9LiN2O4S. The molecule has 0 unspecified atom stereocenters. The van der Waals surface area contributed by atoms with E-state index in [2.05, 4.69) is 9.28 Å². The van der Waals surface area contributed by atoms with Gasteiger partial charge in [-0.3, -0.25) is 0 Å². The first-order chi connectivity index (χ1) is 5.90. The van der Waals surface area contributed by atoms with E-state index in [1.165, 1.54) is 16.9 Å². The predicted molar refractivity (Wildman–Crippen MR) is 42.9 cm³/mol. The third kappa shape index (κ3) is 3.72. The summed E-state index contributed by atoms with van der Waals surface area (Å²) in [5.74, 6) is -0.0648. The van der Waals surface area contributed by atoms with Gasteiger partial charge >= 0.3 is 18.9 Å². The first kappa shape index (κ1) is 13.5. The van der Waals surface area contributed by atoms with Crippen LogP contribution in [0.4, 0.5) is 0 Å². The predicted octanol–water partition coefficient (Wildman–Crippen LogP) is -2.69. The molecule has 0 aliphatic rings. The Labute approximate surface area is 94.4 Å². The molecule has 8 heteroatoms. The Morgan fingerprint density at radius 3 is 2.57 bits per heavy atom. The molecule has 1 aromatic rings. The van der Waals surface area contributed by atoms with E-state index >= 15 is 0 Å². The van der Waals surface area contributed by atoms with Crippen LogP contribution in [0, 0.1) is 0 Å². The van der Waals surface area contributed by atoms with Crippen LogP contribution in [-0.4, -0.2) is 22.8 Å². The molecule has 1 rings (SSSR count). The van der Waals surface area contributed by atoms with Crippen molar-refractivity contribution >= 4 is 10.4 Å². The average molecular weight is 212 g/mol. The van der Waals surface area contributed by atoms with Crippen molar-refractivity contribution in [1.29, 1.82) is 0 Å². The van der Waals surface area contributed by atoms with Crippen molar-refractivity contribution in [3.63, 3.8) is 0 Å². The Morgan fingerprint density at radius 1 is 1.57 bits per heavy atom. The van der Waals surface area contributed by atoms with Crippen LogP contribution >= 0.6 is 0 Å². The third-order valence-corrected chi connectivity index (χ3v) is 1.69. The third-order valence-electron chi connectivity index (χ3n) is 1.31. The molecule has 0 bridgehead atoms. The van der Waals surface area contributed by atoms with Gasteiger partial charge in [-0.05, 0) is 13.8 Å². The zero-order valence-electron chi connectivity index (χ0n) is 8.17. The Balaban J connectivity index is 0.00000169. The standard InChI is InChI=1S/C6H10N2O4S.Li/c1-5(2)8-6(3-4-7-8)12-13(9,10)11;/h3-5H,1-2H3,(H,9,10,11);/q;+1/p-1. The van der Waals surface area contributed by atoms with Crippen LogP contribution < -0.4 is 23.0 Å². The summed E-state index contributed by atoms with van der Waals surface area (Å²) < 4.78 is 36.2. The first-order valence-corrected chi connectivity index (χ1v) is 4.92. The van der Waals surface area contributed by atoms with Crippen molar-refractivity contribution in [2.45, 2.75) is 19.9 Å². The fraction of sp³-hybridized carbons (Fsp3) is 0.500. The van der Waals surface area contributed by atoms with Gasteiger partial charge in [0.15, 0.2) is 0 Å². The molecule has 0 aliphatic carbocycles. The van der Waals surface area contributed by atoms with Gasteiger partial charge in [0.05, 0.1) is 12.2 Å². The fourth-order valence-electron chi connectivity index (χ4n) is 0.861. The molecule has 0 fully saturated rings. The summed E-state index contributed by atoms with van der Waals surface area (Å²) in [5, 5.41) is 3.79. The van der Waals surface area contributed by atoms with Crippen molar-refractivity contribution in [2.24, 2.45) is 0 Å². The second-order valence-corrected chi connectivity index (χ2v) is 3.68. The van der Waals surface area contributed by atoms with Gasteiger partial charge in [0.2, 0.25) is 5.88 Å². The van der Waals surface area contributed by atoms with E-state index in [9.17, 15) is 13.0 Å². The first-order valence-electron chi connectivity index (χ1n) is 3.59. The Hall–Kier alpha value is -0.483. The summed E-state index contributed by atoms with van der Waals surface area (Å²) in [6, 6.07) is 1.25. The number of aromatic nitrogens is 2. The maximum atomic E-state index is 10.3. The molecule has 0 aromatic carbocycles. The molecule has 14 heavy (non-hydrogen) atoms. The minimum atomic E-state index is -4.71. The van der Waals surface area contributed by atoms with Gasteiger partial charge in [0.1, 0.15) is 0 Å². The van der Waals surface area contributed by atoms with Crippen molar-refractivity contribution in [2.75, 3.05) is 0 Å². The van der Waals surface area contributed by atoms with E-state index in [0.717, 1.165) is 0 Å². The summed E-state index contributed by atoms with van der Waals surface area (Å²) in [7, 11) is -4.71. The van der Waals surface area contributed by atoms with Crippen molar-refractivity contribution in [3.8, 4) is 5.88 Å². The smallest absolute Gasteiger partial charge is 0.716 e. The molecule has 74 valence electrons. The summed E-state index contributed by atoms with van der Waals surface area (Å²) in [4.78, 5) is 0. The summed E-state index contributed by atoms with van der Waals surface area (Å²) in [6.07, 6.45) is 1.36. The number of hydrogen-bond donors (Lipinski definition) is 0. The fourth-order valence-corrected chi connectivity index (χ4v) is 1.20. The van der Waals surface area contributed by atoms with Gasteiger partial charge in [-0.15, -0.1) is 0 Å². The summed E-state index contributed by atoms with van der Waals surface area (Å²) >= 11 is 0. The van der Waals surface area contributed by atoms with Gasteiger partial charge in [0, 0.05) is 6.07 Å². The molecule has 0 amide bonds. The summed E-state index contributed by atoms with van der Waals surface area (Å²) in [5.41, 5.74) is 0. The molecule has 0 N–H and O–H groups in total. The molecule has 0 spiro atoms. The van der Waals surface area contributed by atoms with Gasteiger partial charge in [-0.25, -0.2) is 13.1 Å². The molecule has 0 aliphatic heterocycles. The average Bonchev–Trinajstić information content (AvgIpc) is 2.31. The van der Waals surface area contributed by atoms with E-state index in [1.807, 2.05) is 0 Å². The number of rotatable bonds is 3. The van der Waals surface area contributed by atoms with Crippen LogP contribution in [0.5, 0.6) is 5.88 Å². The SMILES string of the molecule is CC(C)n1nccc1OS(=O)(=O)[O-].[Li+]. The molecule has 1 heterocycles. The van der Waals surface area contributed by atoms with Crippen LogP contribution in [0.3, 0.4) is 0 Å². The topological polar surface area (TPSA) is 84.2 Å². The minimum absolute atomic E-state index is 0. The van der Waals surface area contributed by atoms with Crippen LogP contribution in [0.15, 0.2) is 12.3 Å². The van der Waals surface area contributed by atoms with Gasteiger partial charge < -0.3 is 8.74 Å². The second kappa shape index (κ2) is 4.84. The van der Waals surface area contributed by atoms with Crippen molar-refractivity contribution in [1.82, 2.24) is 9.78 Å². The molecular weight excluding hydrogens is 203 g/mol. The van der Waals surface area contributed by atoms with E-state index < -0.39 is 10.4 Å². The van der Waals surface area contributed by atoms with Gasteiger partial charge in [0.25, 0.3) is 10.4 Å². The Morgan fingerprint density at radius 2 is 2.14 bits per heavy atom. The largest absolute Gasteiger partial charge is 1.00 e. The summed E-state index contributed by atoms with van der Waals surface area (Å²) in [6.45, 7) is 3.58. The maximum absolute atomic E-state index is 10.3. The van der Waals surface area contributed by atoms with Crippen LogP contribution in [0.1, 0.15) is 19.9 Å². The quantitative estimate of drug-likeness (QED) is 0.309. The van der Waals surface area contributed by atoms with E-state index in [4.69, 9.17) is 0 Å². The van der Waals surface area contributed by atoms with E-state index in [0.29, 0.717) is 0 Å². The van der Waals surface area contributed by atoms with Crippen LogP contribution in [0.25, 0.3) is 0 Å². The minimum Gasteiger partial charge on any atom is -0.716 e. The normalized spacial score (nSPS) is 11.1. The number of nitrogens with zero attached hydrogens (tertiary/aromatic N) is 2. The van der Waals surface area contributed by atoms with Crippen molar-refractivity contribution < 1.29 is 36.0 Å². The molecule has 0 radical (unpaired) electrons. The molecule has 0 atom stereocenters. The van der Waals surface area contributed by atoms with Crippen molar-refractivity contribution in [3.05, 3.63) is 12.3 Å². The molecule has 6 nitrogen and oxygen atoms in total. The van der Waals surface area contributed by atoms with E-state index in [-0.39, 0.29) is 30.8 Å². The van der Waals surface area contributed by atoms with E-state index in [1.54, 1.807) is 13.8 Å².